The summed E-state index contributed by atoms with van der Waals surface area (Å²) < 4.78 is 0. The molecule has 1 aliphatic rings. The largest absolute Gasteiger partial charge is 0.319 e. The molecule has 1 amide bonds. The molecule has 0 saturated carbocycles. The molecule has 10 heteroatoms. The molecule has 1 aliphatic carbocycles. The lowest BCUT2D eigenvalue weighted by Gasteiger charge is -2.12. The highest BCUT2D eigenvalue weighted by molar-refractivity contribution is 8.00. The van der Waals surface area contributed by atoms with Crippen LogP contribution in [0.5, 0.6) is 0 Å². The number of para-hydroxylation sites is 2. The minimum Gasteiger partial charge on any atom is -0.319 e. The average molecular weight is 431 g/mol. The Balaban J connectivity index is 1.54. The monoisotopic (exact) mass is 430 g/mol. The van der Waals surface area contributed by atoms with Gasteiger partial charge in [0.05, 0.1) is 15.6 Å². The number of nitro groups is 1. The van der Waals surface area contributed by atoms with Gasteiger partial charge in [-0.2, -0.15) is 0 Å². The minimum atomic E-state index is -0.606. The van der Waals surface area contributed by atoms with Crippen LogP contribution >= 0.6 is 23.1 Å². The molecule has 2 N–H and O–H groups in total. The van der Waals surface area contributed by atoms with E-state index in [1.165, 1.54) is 23.1 Å². The summed E-state index contributed by atoms with van der Waals surface area (Å²) in [4.78, 5) is 45.0. The number of nitrogens with one attached hydrogen (secondary N) is 2. The number of aryl methyl sites for hydroxylation is 2. The third-order valence-electron chi connectivity index (χ3n) is 4.82. The molecule has 0 radical (unpaired) electrons. The Morgan fingerprint density at radius 1 is 1.34 bits per heavy atom. The molecular weight excluding hydrogens is 412 g/mol. The Kier molecular flexibility index (Phi) is 5.37. The summed E-state index contributed by atoms with van der Waals surface area (Å²) in [5, 5.41) is 14.1. The topological polar surface area (TPSA) is 118 Å². The molecule has 0 fully saturated rings. The summed E-state index contributed by atoms with van der Waals surface area (Å²) in [7, 11) is 0. The highest BCUT2D eigenvalue weighted by Crippen LogP contribution is 2.34. The normalized spacial score (nSPS) is 14.4. The first-order valence-electron chi connectivity index (χ1n) is 9.19. The molecule has 2 aromatic heterocycles. The highest BCUT2D eigenvalue weighted by Gasteiger charge is 2.23. The van der Waals surface area contributed by atoms with E-state index in [2.05, 4.69) is 15.3 Å². The molecule has 150 valence electrons. The van der Waals surface area contributed by atoms with E-state index in [1.54, 1.807) is 24.3 Å². The van der Waals surface area contributed by atoms with E-state index in [-0.39, 0.29) is 16.9 Å². The summed E-state index contributed by atoms with van der Waals surface area (Å²) in [5.41, 5.74) is 0.903. The molecule has 4 rings (SSSR count). The first-order valence-corrected chi connectivity index (χ1v) is 10.9. The van der Waals surface area contributed by atoms with Crippen molar-refractivity contribution < 1.29 is 9.72 Å². The van der Waals surface area contributed by atoms with Gasteiger partial charge in [0, 0.05) is 10.9 Å². The summed E-state index contributed by atoms with van der Waals surface area (Å²) in [6.07, 6.45) is 4.09. The highest BCUT2D eigenvalue weighted by atomic mass is 32.2. The van der Waals surface area contributed by atoms with Crippen molar-refractivity contribution in [2.24, 2.45) is 0 Å². The lowest BCUT2D eigenvalue weighted by Crippen LogP contribution is -2.23. The Morgan fingerprint density at radius 2 is 2.10 bits per heavy atom. The van der Waals surface area contributed by atoms with Crippen molar-refractivity contribution in [3.8, 4) is 0 Å². The summed E-state index contributed by atoms with van der Waals surface area (Å²) in [5.74, 6) is -0.405. The summed E-state index contributed by atoms with van der Waals surface area (Å²) in [6, 6.07) is 5.97. The second-order valence-corrected chi connectivity index (χ2v) is 9.20. The molecule has 3 aromatic rings. The SMILES string of the molecule is CC(Sc1nc2sc3c(c2c(=O)[nH]1)CCCC3)C(=O)Nc1ccccc1[N+](=O)[O-]. The van der Waals surface area contributed by atoms with Gasteiger partial charge in [-0.1, -0.05) is 23.9 Å². The smallest absolute Gasteiger partial charge is 0.292 e. The molecule has 0 aliphatic heterocycles. The molecule has 0 spiro atoms. The van der Waals surface area contributed by atoms with Crippen LogP contribution in [-0.4, -0.2) is 26.0 Å². The lowest BCUT2D eigenvalue weighted by molar-refractivity contribution is -0.383. The van der Waals surface area contributed by atoms with E-state index >= 15 is 0 Å². The molecule has 8 nitrogen and oxygen atoms in total. The number of H-pyrrole nitrogens is 1. The van der Waals surface area contributed by atoms with Crippen LogP contribution in [0.25, 0.3) is 10.2 Å². The van der Waals surface area contributed by atoms with Crippen molar-refractivity contribution in [1.82, 2.24) is 9.97 Å². The van der Waals surface area contributed by atoms with Crippen LogP contribution in [0.4, 0.5) is 11.4 Å². The molecule has 1 unspecified atom stereocenters. The van der Waals surface area contributed by atoms with Crippen LogP contribution in [0.3, 0.4) is 0 Å². The van der Waals surface area contributed by atoms with Crippen molar-refractivity contribution >= 4 is 50.6 Å². The zero-order valence-electron chi connectivity index (χ0n) is 15.6. The Bertz CT molecular complexity index is 1170. The van der Waals surface area contributed by atoms with Gasteiger partial charge in [0.25, 0.3) is 11.2 Å². The number of fused-ring (bicyclic) bond motifs is 3. The number of hydrogen-bond donors (Lipinski definition) is 2. The third kappa shape index (κ3) is 3.90. The molecule has 1 aromatic carbocycles. The van der Waals surface area contributed by atoms with Crippen molar-refractivity contribution in [3.05, 3.63) is 55.2 Å². The number of carbonyl (C=O) groups is 1. The van der Waals surface area contributed by atoms with Gasteiger partial charge in [-0.15, -0.1) is 11.3 Å². The standard InChI is InChI=1S/C19H18N4O4S2/c1-10(16(24)20-12-7-3-4-8-13(12)23(26)27)28-19-21-17(25)15-11-6-2-5-9-14(11)29-18(15)22-19/h3-4,7-8,10H,2,5-6,9H2,1H3,(H,20,24)(H,21,22,25). The number of amides is 1. The Labute approximate surface area is 173 Å². The maximum absolute atomic E-state index is 12.6. The number of nitro benzene ring substituents is 1. The number of benzene rings is 1. The van der Waals surface area contributed by atoms with Crippen LogP contribution in [-0.2, 0) is 17.6 Å². The molecule has 0 saturated heterocycles. The van der Waals surface area contributed by atoms with Gasteiger partial charge in [0.1, 0.15) is 10.5 Å². The summed E-state index contributed by atoms with van der Waals surface area (Å²) in [6.45, 7) is 1.67. The van der Waals surface area contributed by atoms with Crippen LogP contribution < -0.4 is 10.9 Å². The van der Waals surface area contributed by atoms with Crippen LogP contribution in [0, 0.1) is 10.1 Å². The quantitative estimate of drug-likeness (QED) is 0.274. The number of aromatic amines is 1. The number of carbonyl (C=O) groups excluding carboxylic acids is 1. The van der Waals surface area contributed by atoms with E-state index in [0.717, 1.165) is 43.0 Å². The van der Waals surface area contributed by atoms with E-state index in [4.69, 9.17) is 0 Å². The second kappa shape index (κ2) is 7.96. The van der Waals surface area contributed by atoms with Crippen molar-refractivity contribution in [2.75, 3.05) is 5.32 Å². The Hall–Kier alpha value is -2.72. The Morgan fingerprint density at radius 3 is 2.90 bits per heavy atom. The van der Waals surface area contributed by atoms with Gasteiger partial charge in [-0.05, 0) is 44.2 Å². The number of thiophene rings is 1. The van der Waals surface area contributed by atoms with Crippen LogP contribution in [0.2, 0.25) is 0 Å². The van der Waals surface area contributed by atoms with Crippen molar-refractivity contribution in [2.45, 2.75) is 43.0 Å². The van der Waals surface area contributed by atoms with Gasteiger partial charge >= 0.3 is 0 Å². The third-order valence-corrected chi connectivity index (χ3v) is 6.99. The fraction of sp³-hybridized carbons (Fsp3) is 0.316. The maximum atomic E-state index is 12.6. The number of thioether (sulfide) groups is 1. The maximum Gasteiger partial charge on any atom is 0.292 e. The zero-order valence-corrected chi connectivity index (χ0v) is 17.2. The number of aromatic nitrogens is 2. The molecule has 1 atom stereocenters. The van der Waals surface area contributed by atoms with E-state index < -0.39 is 16.1 Å². The molecule has 0 bridgehead atoms. The van der Waals surface area contributed by atoms with Crippen LogP contribution in [0.15, 0.2) is 34.2 Å². The van der Waals surface area contributed by atoms with Gasteiger partial charge in [-0.3, -0.25) is 19.7 Å². The predicted octanol–water partition coefficient (Wildman–Crippen LogP) is 3.89. The van der Waals surface area contributed by atoms with E-state index in [9.17, 15) is 19.7 Å². The lowest BCUT2D eigenvalue weighted by atomic mass is 9.97. The van der Waals surface area contributed by atoms with Gasteiger partial charge in [0.15, 0.2) is 5.16 Å². The number of rotatable bonds is 5. The molecule has 2 heterocycles. The fourth-order valence-electron chi connectivity index (χ4n) is 3.39. The first kappa shape index (κ1) is 19.6. The predicted molar refractivity (Wildman–Crippen MR) is 114 cm³/mol. The second-order valence-electron chi connectivity index (χ2n) is 6.79. The van der Waals surface area contributed by atoms with Crippen molar-refractivity contribution in [3.63, 3.8) is 0 Å². The number of hydrogen-bond acceptors (Lipinski definition) is 7. The average Bonchev–Trinajstić information content (AvgIpc) is 3.06. The number of nitrogens with zero attached hydrogens (tertiary/aromatic N) is 2. The van der Waals surface area contributed by atoms with Crippen molar-refractivity contribution in [1.29, 1.82) is 0 Å². The van der Waals surface area contributed by atoms with Gasteiger partial charge in [-0.25, -0.2) is 4.98 Å². The number of anilines is 1. The minimum absolute atomic E-state index is 0.137. The van der Waals surface area contributed by atoms with E-state index in [1.807, 2.05) is 0 Å². The fourth-order valence-corrected chi connectivity index (χ4v) is 5.51. The molecular formula is C19H18N4O4S2. The van der Waals surface area contributed by atoms with E-state index in [0.29, 0.717) is 15.4 Å². The molecule has 29 heavy (non-hydrogen) atoms. The first-order chi connectivity index (χ1) is 13.9. The summed E-state index contributed by atoms with van der Waals surface area (Å²) >= 11 is 2.67. The van der Waals surface area contributed by atoms with Crippen LogP contribution in [0.1, 0.15) is 30.2 Å². The zero-order chi connectivity index (χ0) is 20.5. The van der Waals surface area contributed by atoms with Gasteiger partial charge in [0.2, 0.25) is 5.91 Å². The van der Waals surface area contributed by atoms with Gasteiger partial charge < -0.3 is 10.3 Å².